The third kappa shape index (κ3) is 4.81. The Labute approximate surface area is 140 Å². The van der Waals surface area contributed by atoms with Gasteiger partial charge in [0.15, 0.2) is 0 Å². The predicted octanol–water partition coefficient (Wildman–Crippen LogP) is 2.31. The second kappa shape index (κ2) is 8.29. The molecule has 0 unspecified atom stereocenters. The third-order valence-corrected chi connectivity index (χ3v) is 4.67. The number of hydrogen-bond donors (Lipinski definition) is 1. The highest BCUT2D eigenvalue weighted by molar-refractivity contribution is 8.00. The van der Waals surface area contributed by atoms with Gasteiger partial charge in [-0.05, 0) is 31.2 Å². The van der Waals surface area contributed by atoms with Crippen LogP contribution >= 0.6 is 23.4 Å². The molecule has 120 valence electrons. The molecule has 22 heavy (non-hydrogen) atoms. The van der Waals surface area contributed by atoms with Crippen molar-refractivity contribution in [3.05, 3.63) is 29.3 Å². The van der Waals surface area contributed by atoms with Crippen molar-refractivity contribution in [3.8, 4) is 0 Å². The van der Waals surface area contributed by atoms with Crippen LogP contribution in [-0.2, 0) is 4.79 Å². The second-order valence-electron chi connectivity index (χ2n) is 4.95. The van der Waals surface area contributed by atoms with Crippen molar-refractivity contribution in [1.29, 1.82) is 0 Å². The number of rotatable bonds is 4. The highest BCUT2D eigenvalue weighted by Crippen LogP contribution is 2.20. The molecular weight excluding hydrogens is 322 g/mol. The summed E-state index contributed by atoms with van der Waals surface area (Å²) in [5.41, 5.74) is 0. The van der Waals surface area contributed by atoms with E-state index in [-0.39, 0.29) is 11.9 Å². The highest BCUT2D eigenvalue weighted by atomic mass is 35.5. The molecule has 0 spiro atoms. The van der Waals surface area contributed by atoms with E-state index in [4.69, 9.17) is 11.6 Å². The van der Waals surface area contributed by atoms with Crippen LogP contribution in [0, 0.1) is 0 Å². The fraction of sp³-hybridized carbons (Fsp3) is 0.467. The lowest BCUT2D eigenvalue weighted by molar-refractivity contribution is -0.129. The van der Waals surface area contributed by atoms with E-state index >= 15 is 0 Å². The van der Waals surface area contributed by atoms with E-state index in [1.807, 2.05) is 36.1 Å². The van der Waals surface area contributed by atoms with Gasteiger partial charge in [-0.2, -0.15) is 0 Å². The predicted molar refractivity (Wildman–Crippen MR) is 89.4 cm³/mol. The second-order valence-corrected chi connectivity index (χ2v) is 6.43. The molecule has 1 aromatic rings. The molecule has 0 atom stereocenters. The average Bonchev–Trinajstić information content (AvgIpc) is 2.54. The summed E-state index contributed by atoms with van der Waals surface area (Å²) in [5.74, 6) is 0.512. The van der Waals surface area contributed by atoms with Crippen LogP contribution in [0.15, 0.2) is 29.2 Å². The van der Waals surface area contributed by atoms with Crippen LogP contribution in [0.4, 0.5) is 4.79 Å². The Balaban J connectivity index is 1.75. The first-order valence-corrected chi connectivity index (χ1v) is 8.65. The van der Waals surface area contributed by atoms with Gasteiger partial charge in [-0.25, -0.2) is 4.79 Å². The van der Waals surface area contributed by atoms with Crippen LogP contribution in [-0.4, -0.2) is 60.2 Å². The van der Waals surface area contributed by atoms with Crippen molar-refractivity contribution in [2.75, 3.05) is 38.5 Å². The number of thioether (sulfide) groups is 1. The lowest BCUT2D eigenvalue weighted by atomic mass is 10.3. The van der Waals surface area contributed by atoms with Crippen LogP contribution in [0.2, 0.25) is 5.02 Å². The summed E-state index contributed by atoms with van der Waals surface area (Å²) in [7, 11) is 0. The molecular formula is C15H20ClN3O2S. The summed E-state index contributed by atoms with van der Waals surface area (Å²) in [6.45, 7) is 4.88. The molecule has 1 N–H and O–H groups in total. The Morgan fingerprint density at radius 2 is 1.73 bits per heavy atom. The molecule has 7 heteroatoms. The smallest absolute Gasteiger partial charge is 0.317 e. The zero-order valence-corrected chi connectivity index (χ0v) is 14.1. The maximum Gasteiger partial charge on any atom is 0.317 e. The summed E-state index contributed by atoms with van der Waals surface area (Å²) >= 11 is 7.34. The first-order valence-electron chi connectivity index (χ1n) is 7.29. The number of nitrogens with one attached hydrogen (secondary N) is 1. The van der Waals surface area contributed by atoms with E-state index in [0.717, 1.165) is 4.90 Å². The molecule has 1 aliphatic heterocycles. The quantitative estimate of drug-likeness (QED) is 0.855. The molecule has 0 aliphatic carbocycles. The third-order valence-electron chi connectivity index (χ3n) is 3.42. The van der Waals surface area contributed by atoms with Gasteiger partial charge >= 0.3 is 6.03 Å². The molecule has 2 rings (SSSR count). The number of piperazine rings is 1. The van der Waals surface area contributed by atoms with Crippen LogP contribution in [0.25, 0.3) is 0 Å². The van der Waals surface area contributed by atoms with Crippen LogP contribution in [0.3, 0.4) is 0 Å². The van der Waals surface area contributed by atoms with Crippen molar-refractivity contribution in [1.82, 2.24) is 15.1 Å². The summed E-state index contributed by atoms with van der Waals surface area (Å²) in [4.78, 5) is 28.5. The normalized spacial score (nSPS) is 14.8. The number of halogens is 1. The Bertz CT molecular complexity index is 516. The zero-order chi connectivity index (χ0) is 15.9. The lowest BCUT2D eigenvalue weighted by Gasteiger charge is -2.34. The fourth-order valence-corrected chi connectivity index (χ4v) is 3.12. The zero-order valence-electron chi connectivity index (χ0n) is 12.5. The molecule has 0 radical (unpaired) electrons. The van der Waals surface area contributed by atoms with Gasteiger partial charge in [-0.1, -0.05) is 11.6 Å². The Morgan fingerprint density at radius 3 is 2.32 bits per heavy atom. The van der Waals surface area contributed by atoms with Crippen molar-refractivity contribution < 1.29 is 9.59 Å². The van der Waals surface area contributed by atoms with Gasteiger partial charge in [0, 0.05) is 42.6 Å². The van der Waals surface area contributed by atoms with Gasteiger partial charge in [0.2, 0.25) is 5.91 Å². The first kappa shape index (κ1) is 17.0. The number of amides is 3. The van der Waals surface area contributed by atoms with E-state index in [0.29, 0.717) is 43.5 Å². The van der Waals surface area contributed by atoms with Gasteiger partial charge in [0.1, 0.15) is 0 Å². The highest BCUT2D eigenvalue weighted by Gasteiger charge is 2.23. The Kier molecular flexibility index (Phi) is 6.39. The van der Waals surface area contributed by atoms with Gasteiger partial charge in [0.05, 0.1) is 5.75 Å². The summed E-state index contributed by atoms with van der Waals surface area (Å²) in [6, 6.07) is 7.41. The number of carbonyl (C=O) groups excluding carboxylic acids is 2. The summed E-state index contributed by atoms with van der Waals surface area (Å²) in [6.07, 6.45) is 0. The van der Waals surface area contributed by atoms with Gasteiger partial charge in [0.25, 0.3) is 0 Å². The van der Waals surface area contributed by atoms with E-state index in [9.17, 15) is 9.59 Å². The minimum atomic E-state index is -0.0508. The molecule has 3 amide bonds. The minimum absolute atomic E-state index is 0.0508. The van der Waals surface area contributed by atoms with Crippen molar-refractivity contribution in [3.63, 3.8) is 0 Å². The van der Waals surface area contributed by atoms with Crippen molar-refractivity contribution in [2.24, 2.45) is 0 Å². The van der Waals surface area contributed by atoms with Gasteiger partial charge in [-0.3, -0.25) is 4.79 Å². The number of benzene rings is 1. The number of hydrogen-bond acceptors (Lipinski definition) is 3. The maximum absolute atomic E-state index is 12.2. The molecule has 1 aliphatic rings. The van der Waals surface area contributed by atoms with E-state index in [2.05, 4.69) is 5.32 Å². The minimum Gasteiger partial charge on any atom is -0.338 e. The van der Waals surface area contributed by atoms with Crippen LogP contribution in [0.1, 0.15) is 6.92 Å². The van der Waals surface area contributed by atoms with E-state index in [1.165, 1.54) is 11.8 Å². The lowest BCUT2D eigenvalue weighted by Crippen LogP contribution is -2.53. The average molecular weight is 342 g/mol. The monoisotopic (exact) mass is 341 g/mol. The Hall–Kier alpha value is -1.40. The maximum atomic E-state index is 12.2. The molecule has 1 aromatic carbocycles. The SMILES string of the molecule is CCNC(=O)N1CCN(C(=O)CSc2ccc(Cl)cc2)CC1. The molecule has 0 aromatic heterocycles. The molecule has 0 bridgehead atoms. The fourth-order valence-electron chi connectivity index (χ4n) is 2.19. The first-order chi connectivity index (χ1) is 10.6. The van der Waals surface area contributed by atoms with Crippen LogP contribution < -0.4 is 5.32 Å². The molecule has 1 saturated heterocycles. The molecule has 5 nitrogen and oxygen atoms in total. The van der Waals surface area contributed by atoms with Crippen molar-refractivity contribution in [2.45, 2.75) is 11.8 Å². The summed E-state index contributed by atoms with van der Waals surface area (Å²) < 4.78 is 0. The van der Waals surface area contributed by atoms with E-state index < -0.39 is 0 Å². The summed E-state index contributed by atoms with van der Waals surface area (Å²) in [5, 5.41) is 3.47. The molecule has 1 fully saturated rings. The largest absolute Gasteiger partial charge is 0.338 e. The Morgan fingerprint density at radius 1 is 1.14 bits per heavy atom. The van der Waals surface area contributed by atoms with Crippen LogP contribution in [0.5, 0.6) is 0 Å². The van der Waals surface area contributed by atoms with Crippen molar-refractivity contribution >= 4 is 35.3 Å². The standard InChI is InChI=1S/C15H20ClN3O2S/c1-2-17-15(21)19-9-7-18(8-10-19)14(20)11-22-13-5-3-12(16)4-6-13/h3-6H,2,7-11H2,1H3,(H,17,21). The number of nitrogens with zero attached hydrogens (tertiary/aromatic N) is 2. The molecule has 1 heterocycles. The van der Waals surface area contributed by atoms with Gasteiger partial charge < -0.3 is 15.1 Å². The topological polar surface area (TPSA) is 52.7 Å². The molecule has 0 saturated carbocycles. The number of carbonyl (C=O) groups is 2. The number of urea groups is 1. The van der Waals surface area contributed by atoms with E-state index in [1.54, 1.807) is 4.90 Å². The van der Waals surface area contributed by atoms with Gasteiger partial charge in [-0.15, -0.1) is 11.8 Å².